The van der Waals surface area contributed by atoms with Crippen LogP contribution >= 0.6 is 0 Å². The Balaban J connectivity index is 1.73. The van der Waals surface area contributed by atoms with Crippen LogP contribution in [0.25, 0.3) is 0 Å². The zero-order valence-electron chi connectivity index (χ0n) is 11.1. The number of aliphatic hydroxyl groups is 1. The summed E-state index contributed by atoms with van der Waals surface area (Å²) in [7, 11) is 0. The Bertz CT molecular complexity index is 287. The number of β-amino-alcohol motifs (C(OH)–C–C–N with tert-alkyl or cyclic N) is 1. The van der Waals surface area contributed by atoms with Gasteiger partial charge >= 0.3 is 5.97 Å². The summed E-state index contributed by atoms with van der Waals surface area (Å²) < 4.78 is 0. The van der Waals surface area contributed by atoms with E-state index in [-0.39, 0.29) is 6.42 Å². The first-order valence-corrected chi connectivity index (χ1v) is 7.24. The van der Waals surface area contributed by atoms with E-state index in [4.69, 9.17) is 5.11 Å². The van der Waals surface area contributed by atoms with Gasteiger partial charge in [0.2, 0.25) is 0 Å². The number of nitrogens with zero attached hydrogens (tertiary/aromatic N) is 1. The van der Waals surface area contributed by atoms with E-state index >= 15 is 0 Å². The van der Waals surface area contributed by atoms with Gasteiger partial charge in [0.25, 0.3) is 0 Å². The molecule has 0 radical (unpaired) electrons. The largest absolute Gasteiger partial charge is 0.481 e. The van der Waals surface area contributed by atoms with Crippen molar-refractivity contribution >= 4 is 5.97 Å². The fourth-order valence-corrected chi connectivity index (χ4v) is 3.40. The summed E-state index contributed by atoms with van der Waals surface area (Å²) in [5.74, 6) is -0.187. The highest BCUT2D eigenvalue weighted by Crippen LogP contribution is 2.31. The highest BCUT2D eigenvalue weighted by molar-refractivity contribution is 5.66. The van der Waals surface area contributed by atoms with Crippen molar-refractivity contribution in [3.8, 4) is 0 Å². The number of likely N-dealkylation sites (tertiary alicyclic amines) is 1. The zero-order chi connectivity index (χ0) is 13.0. The van der Waals surface area contributed by atoms with Crippen LogP contribution < -0.4 is 0 Å². The lowest BCUT2D eigenvalue weighted by Gasteiger charge is -2.35. The van der Waals surface area contributed by atoms with Crippen LogP contribution in [0.3, 0.4) is 0 Å². The van der Waals surface area contributed by atoms with E-state index in [0.717, 1.165) is 58.2 Å². The molecule has 4 heteroatoms. The second-order valence-electron chi connectivity index (χ2n) is 6.11. The monoisotopic (exact) mass is 255 g/mol. The molecule has 2 aliphatic rings. The van der Waals surface area contributed by atoms with E-state index in [2.05, 4.69) is 4.90 Å². The van der Waals surface area contributed by atoms with Crippen LogP contribution in [0.15, 0.2) is 0 Å². The SMILES string of the molecule is O=C(O)CCC1CCN(CC2(O)CCCCC2)C1. The molecule has 104 valence electrons. The molecule has 1 saturated heterocycles. The zero-order valence-corrected chi connectivity index (χ0v) is 11.1. The lowest BCUT2D eigenvalue weighted by Crippen LogP contribution is -2.43. The summed E-state index contributed by atoms with van der Waals surface area (Å²) in [4.78, 5) is 12.9. The molecule has 0 amide bonds. The van der Waals surface area contributed by atoms with Crippen LogP contribution in [0.1, 0.15) is 51.4 Å². The summed E-state index contributed by atoms with van der Waals surface area (Å²) >= 11 is 0. The number of aliphatic carboxylic acids is 1. The summed E-state index contributed by atoms with van der Waals surface area (Å²) in [6, 6.07) is 0. The van der Waals surface area contributed by atoms with Gasteiger partial charge in [0.15, 0.2) is 0 Å². The first-order valence-electron chi connectivity index (χ1n) is 7.24. The van der Waals surface area contributed by atoms with E-state index in [1.807, 2.05) is 0 Å². The summed E-state index contributed by atoms with van der Waals surface area (Å²) in [5, 5.41) is 19.2. The molecule has 1 aliphatic heterocycles. The smallest absolute Gasteiger partial charge is 0.303 e. The van der Waals surface area contributed by atoms with Crippen LogP contribution in [0, 0.1) is 5.92 Å². The highest BCUT2D eigenvalue weighted by Gasteiger charge is 2.33. The minimum Gasteiger partial charge on any atom is -0.481 e. The molecule has 0 aromatic rings. The van der Waals surface area contributed by atoms with E-state index in [1.165, 1.54) is 6.42 Å². The highest BCUT2D eigenvalue weighted by atomic mass is 16.4. The fourth-order valence-electron chi connectivity index (χ4n) is 3.40. The average Bonchev–Trinajstić information content (AvgIpc) is 2.74. The van der Waals surface area contributed by atoms with Crippen LogP contribution in [0.2, 0.25) is 0 Å². The predicted octanol–water partition coefficient (Wildman–Crippen LogP) is 1.87. The maximum atomic E-state index is 10.6. The molecular formula is C14H25NO3. The van der Waals surface area contributed by atoms with Crippen molar-refractivity contribution in [2.45, 2.75) is 57.0 Å². The molecule has 2 fully saturated rings. The standard InChI is InChI=1S/C14H25NO3/c16-13(17)5-4-12-6-9-15(10-12)11-14(18)7-2-1-3-8-14/h12,18H,1-11H2,(H,16,17). The minimum atomic E-state index is -0.695. The molecule has 1 unspecified atom stereocenters. The van der Waals surface area contributed by atoms with Gasteiger partial charge in [0.05, 0.1) is 5.60 Å². The molecule has 1 aliphatic carbocycles. The van der Waals surface area contributed by atoms with Crippen LogP contribution in [0.5, 0.6) is 0 Å². The molecule has 18 heavy (non-hydrogen) atoms. The van der Waals surface area contributed by atoms with Gasteiger partial charge in [0, 0.05) is 19.5 Å². The Morgan fingerprint density at radius 3 is 2.67 bits per heavy atom. The number of carbonyl (C=O) groups is 1. The van der Waals surface area contributed by atoms with E-state index in [1.54, 1.807) is 0 Å². The maximum absolute atomic E-state index is 10.6. The van der Waals surface area contributed by atoms with E-state index in [9.17, 15) is 9.90 Å². The predicted molar refractivity (Wildman–Crippen MR) is 69.5 cm³/mol. The van der Waals surface area contributed by atoms with Gasteiger partial charge < -0.3 is 15.1 Å². The molecule has 0 aromatic heterocycles. The lowest BCUT2D eigenvalue weighted by molar-refractivity contribution is -0.137. The number of hydrogen-bond acceptors (Lipinski definition) is 3. The van der Waals surface area contributed by atoms with Gasteiger partial charge in [-0.1, -0.05) is 19.3 Å². The second-order valence-corrected chi connectivity index (χ2v) is 6.11. The number of carboxylic acids is 1. The van der Waals surface area contributed by atoms with Crippen molar-refractivity contribution in [3.63, 3.8) is 0 Å². The van der Waals surface area contributed by atoms with Crippen molar-refractivity contribution < 1.29 is 15.0 Å². The molecule has 4 nitrogen and oxygen atoms in total. The minimum absolute atomic E-state index is 0.281. The lowest BCUT2D eigenvalue weighted by atomic mass is 9.84. The topological polar surface area (TPSA) is 60.8 Å². The van der Waals surface area contributed by atoms with Crippen LogP contribution in [-0.2, 0) is 4.79 Å². The molecule has 0 aromatic carbocycles. The van der Waals surface area contributed by atoms with Crippen molar-refractivity contribution in [3.05, 3.63) is 0 Å². The molecule has 1 atom stereocenters. The normalized spacial score (nSPS) is 28.4. The third kappa shape index (κ3) is 3.95. The van der Waals surface area contributed by atoms with E-state index < -0.39 is 11.6 Å². The first-order chi connectivity index (χ1) is 8.57. The Morgan fingerprint density at radius 2 is 2.00 bits per heavy atom. The van der Waals surface area contributed by atoms with Crippen molar-refractivity contribution in [1.82, 2.24) is 4.90 Å². The molecule has 1 saturated carbocycles. The Labute approximate surface area is 109 Å². The van der Waals surface area contributed by atoms with Gasteiger partial charge in [-0.2, -0.15) is 0 Å². The quantitative estimate of drug-likeness (QED) is 0.787. The summed E-state index contributed by atoms with van der Waals surface area (Å²) in [5.41, 5.74) is -0.472. The van der Waals surface area contributed by atoms with Crippen LogP contribution in [-0.4, -0.2) is 46.3 Å². The van der Waals surface area contributed by atoms with Crippen molar-refractivity contribution in [2.75, 3.05) is 19.6 Å². The number of rotatable bonds is 5. The summed E-state index contributed by atoms with van der Waals surface area (Å²) in [6.45, 7) is 2.78. The summed E-state index contributed by atoms with van der Waals surface area (Å²) in [6.07, 6.45) is 7.56. The Hall–Kier alpha value is -0.610. The number of hydrogen-bond donors (Lipinski definition) is 2. The second kappa shape index (κ2) is 6.02. The molecule has 2 N–H and O–H groups in total. The number of carboxylic acid groups (broad SMARTS) is 1. The van der Waals surface area contributed by atoms with E-state index in [0.29, 0.717) is 5.92 Å². The molecule has 2 rings (SSSR count). The Morgan fingerprint density at radius 1 is 1.28 bits per heavy atom. The van der Waals surface area contributed by atoms with Gasteiger partial charge in [-0.25, -0.2) is 0 Å². The Kier molecular flexibility index (Phi) is 4.62. The van der Waals surface area contributed by atoms with Crippen LogP contribution in [0.4, 0.5) is 0 Å². The van der Waals surface area contributed by atoms with Gasteiger partial charge in [-0.15, -0.1) is 0 Å². The third-order valence-corrected chi connectivity index (χ3v) is 4.44. The molecule has 0 bridgehead atoms. The maximum Gasteiger partial charge on any atom is 0.303 e. The van der Waals surface area contributed by atoms with Crippen molar-refractivity contribution in [2.24, 2.45) is 5.92 Å². The molecule has 0 spiro atoms. The van der Waals surface area contributed by atoms with Gasteiger partial charge in [-0.05, 0) is 38.1 Å². The fraction of sp³-hybridized carbons (Fsp3) is 0.929. The van der Waals surface area contributed by atoms with Gasteiger partial charge in [-0.3, -0.25) is 4.79 Å². The first kappa shape index (κ1) is 13.8. The molecule has 1 heterocycles. The third-order valence-electron chi connectivity index (χ3n) is 4.44. The van der Waals surface area contributed by atoms with Crippen molar-refractivity contribution in [1.29, 1.82) is 0 Å². The van der Waals surface area contributed by atoms with Gasteiger partial charge in [0.1, 0.15) is 0 Å². The molecular weight excluding hydrogens is 230 g/mol. The average molecular weight is 255 g/mol.